The molecular weight excluding hydrogens is 224 g/mol. The van der Waals surface area contributed by atoms with Crippen LogP contribution in [0.5, 0.6) is 0 Å². The van der Waals surface area contributed by atoms with Crippen LogP contribution in [-0.2, 0) is 9.78 Å². The fourth-order valence-electron chi connectivity index (χ4n) is 1.61. The molecule has 0 radical (unpaired) electrons. The van der Waals surface area contributed by atoms with Gasteiger partial charge in [0.25, 0.3) is 0 Å². The molecule has 0 N–H and O–H groups in total. The fraction of sp³-hybridized carbons (Fsp3) is 1.00. The van der Waals surface area contributed by atoms with E-state index in [0.717, 1.165) is 12.8 Å². The van der Waals surface area contributed by atoms with E-state index in [1.807, 2.05) is 0 Å². The van der Waals surface area contributed by atoms with Crippen molar-refractivity contribution in [1.82, 2.24) is 0 Å². The second kappa shape index (κ2) is 5.50. The highest BCUT2D eigenvalue weighted by Crippen LogP contribution is 2.41. The molecule has 18 heavy (non-hydrogen) atoms. The molecule has 0 aliphatic rings. The van der Waals surface area contributed by atoms with Gasteiger partial charge in [-0.15, -0.1) is 0 Å². The summed E-state index contributed by atoms with van der Waals surface area (Å²) in [7, 11) is 0. The lowest BCUT2D eigenvalue weighted by Gasteiger charge is -2.45. The summed E-state index contributed by atoms with van der Waals surface area (Å²) in [6.45, 7) is 21.7. The van der Waals surface area contributed by atoms with Crippen LogP contribution in [0.3, 0.4) is 0 Å². The van der Waals surface area contributed by atoms with Crippen molar-refractivity contribution < 1.29 is 9.78 Å². The van der Waals surface area contributed by atoms with E-state index in [0.29, 0.717) is 0 Å². The second-order valence-corrected chi connectivity index (χ2v) is 7.84. The molecule has 2 nitrogen and oxygen atoms in total. The average molecular weight is 258 g/mol. The minimum absolute atomic E-state index is 0.0499. The summed E-state index contributed by atoms with van der Waals surface area (Å²) in [6.07, 6.45) is 1.86. The zero-order valence-electron chi connectivity index (χ0n) is 14.2. The summed E-state index contributed by atoms with van der Waals surface area (Å²) in [6, 6.07) is 0. The minimum Gasteiger partial charge on any atom is -0.229 e. The van der Waals surface area contributed by atoms with Crippen LogP contribution in [0, 0.1) is 10.8 Å². The standard InChI is InChI=1S/C16H34O2/c1-11-15(9,13(3,4)5)17-18-16(10,12-2)14(6,7)8/h11-12H2,1-10H3. The summed E-state index contributed by atoms with van der Waals surface area (Å²) in [5.74, 6) is 0. The molecule has 0 aromatic heterocycles. The molecule has 0 saturated carbocycles. The first kappa shape index (κ1) is 17.9. The van der Waals surface area contributed by atoms with Crippen LogP contribution in [0.2, 0.25) is 0 Å². The fourth-order valence-corrected chi connectivity index (χ4v) is 1.61. The van der Waals surface area contributed by atoms with E-state index in [4.69, 9.17) is 9.78 Å². The topological polar surface area (TPSA) is 18.5 Å². The monoisotopic (exact) mass is 258 g/mol. The lowest BCUT2D eigenvalue weighted by molar-refractivity contribution is -0.438. The van der Waals surface area contributed by atoms with Crippen LogP contribution in [0.15, 0.2) is 0 Å². The van der Waals surface area contributed by atoms with Crippen molar-refractivity contribution in [3.05, 3.63) is 0 Å². The van der Waals surface area contributed by atoms with Crippen molar-refractivity contribution in [2.24, 2.45) is 10.8 Å². The van der Waals surface area contributed by atoms with Crippen LogP contribution in [-0.4, -0.2) is 11.2 Å². The Kier molecular flexibility index (Phi) is 5.48. The zero-order chi connectivity index (χ0) is 14.8. The van der Waals surface area contributed by atoms with E-state index in [9.17, 15) is 0 Å². The molecule has 2 unspecified atom stereocenters. The van der Waals surface area contributed by atoms with Crippen LogP contribution < -0.4 is 0 Å². The number of hydrogen-bond acceptors (Lipinski definition) is 2. The van der Waals surface area contributed by atoms with Gasteiger partial charge in [-0.3, -0.25) is 0 Å². The van der Waals surface area contributed by atoms with Gasteiger partial charge in [-0.25, -0.2) is 9.78 Å². The van der Waals surface area contributed by atoms with E-state index in [1.54, 1.807) is 0 Å². The molecule has 0 heterocycles. The van der Waals surface area contributed by atoms with Gasteiger partial charge in [0.1, 0.15) is 11.2 Å². The Labute approximate surface area is 114 Å². The average Bonchev–Trinajstić information content (AvgIpc) is 2.22. The Morgan fingerprint density at radius 2 is 0.778 bits per heavy atom. The Hall–Kier alpha value is -0.0800. The van der Waals surface area contributed by atoms with Crippen LogP contribution in [0.4, 0.5) is 0 Å². The van der Waals surface area contributed by atoms with Crippen LogP contribution >= 0.6 is 0 Å². The van der Waals surface area contributed by atoms with E-state index in [-0.39, 0.29) is 22.0 Å². The SMILES string of the molecule is CCC(C)(OOC(C)(CC)C(C)(C)C)C(C)(C)C. The molecular formula is C16H34O2. The van der Waals surface area contributed by atoms with Gasteiger partial charge in [-0.2, -0.15) is 0 Å². The summed E-state index contributed by atoms with van der Waals surface area (Å²) < 4.78 is 0. The Morgan fingerprint density at radius 1 is 0.556 bits per heavy atom. The Morgan fingerprint density at radius 3 is 0.889 bits per heavy atom. The van der Waals surface area contributed by atoms with Crippen molar-refractivity contribution in [3.63, 3.8) is 0 Å². The molecule has 0 rings (SSSR count). The summed E-state index contributed by atoms with van der Waals surface area (Å²) >= 11 is 0. The first-order valence-electron chi connectivity index (χ1n) is 7.20. The summed E-state index contributed by atoms with van der Waals surface area (Å²) in [5.41, 5.74) is -0.439. The predicted octanol–water partition coefficient (Wildman–Crippen LogP) is 5.36. The van der Waals surface area contributed by atoms with Crippen LogP contribution in [0.25, 0.3) is 0 Å². The quantitative estimate of drug-likeness (QED) is 0.488. The number of hydrogen-bond donors (Lipinski definition) is 0. The molecule has 0 aliphatic carbocycles. The summed E-state index contributed by atoms with van der Waals surface area (Å²) in [5, 5.41) is 0. The smallest absolute Gasteiger partial charge is 0.105 e. The van der Waals surface area contributed by atoms with Crippen molar-refractivity contribution in [3.8, 4) is 0 Å². The minimum atomic E-state index is -0.269. The second-order valence-electron chi connectivity index (χ2n) is 7.84. The lowest BCUT2D eigenvalue weighted by Crippen LogP contribution is -2.48. The van der Waals surface area contributed by atoms with E-state index in [2.05, 4.69) is 69.2 Å². The van der Waals surface area contributed by atoms with Gasteiger partial charge in [0.05, 0.1) is 0 Å². The highest BCUT2D eigenvalue weighted by atomic mass is 17.2. The van der Waals surface area contributed by atoms with E-state index >= 15 is 0 Å². The van der Waals surface area contributed by atoms with Gasteiger partial charge in [-0.05, 0) is 37.5 Å². The molecule has 0 aromatic rings. The van der Waals surface area contributed by atoms with Gasteiger partial charge in [0.2, 0.25) is 0 Å². The lowest BCUT2D eigenvalue weighted by atomic mass is 9.75. The molecule has 0 spiro atoms. The largest absolute Gasteiger partial charge is 0.229 e. The molecule has 0 aliphatic heterocycles. The van der Waals surface area contributed by atoms with Gasteiger partial charge in [0, 0.05) is 0 Å². The highest BCUT2D eigenvalue weighted by Gasteiger charge is 2.44. The maximum absolute atomic E-state index is 5.93. The molecule has 110 valence electrons. The van der Waals surface area contributed by atoms with Gasteiger partial charge >= 0.3 is 0 Å². The predicted molar refractivity (Wildman–Crippen MR) is 78.5 cm³/mol. The maximum Gasteiger partial charge on any atom is 0.105 e. The molecule has 2 heteroatoms. The molecule has 0 saturated heterocycles. The maximum atomic E-state index is 5.93. The molecule has 2 atom stereocenters. The van der Waals surface area contributed by atoms with Gasteiger partial charge < -0.3 is 0 Å². The Balaban J connectivity index is 4.93. The number of rotatable bonds is 5. The van der Waals surface area contributed by atoms with Crippen molar-refractivity contribution >= 4 is 0 Å². The zero-order valence-corrected chi connectivity index (χ0v) is 14.2. The van der Waals surface area contributed by atoms with E-state index < -0.39 is 0 Å². The molecule has 0 amide bonds. The highest BCUT2D eigenvalue weighted by molar-refractivity contribution is 4.89. The van der Waals surface area contributed by atoms with Crippen LogP contribution in [0.1, 0.15) is 82.1 Å². The van der Waals surface area contributed by atoms with Gasteiger partial charge in [-0.1, -0.05) is 55.4 Å². The third-order valence-electron chi connectivity index (χ3n) is 4.93. The first-order chi connectivity index (χ1) is 7.83. The molecule has 0 aromatic carbocycles. The Bertz CT molecular complexity index is 231. The van der Waals surface area contributed by atoms with Crippen molar-refractivity contribution in [1.29, 1.82) is 0 Å². The van der Waals surface area contributed by atoms with Crippen molar-refractivity contribution in [2.75, 3.05) is 0 Å². The third kappa shape index (κ3) is 3.71. The van der Waals surface area contributed by atoms with Gasteiger partial charge in [0.15, 0.2) is 0 Å². The summed E-state index contributed by atoms with van der Waals surface area (Å²) in [4.78, 5) is 11.9. The molecule has 0 fully saturated rings. The van der Waals surface area contributed by atoms with E-state index in [1.165, 1.54) is 0 Å². The normalized spacial score (nSPS) is 20.3. The van der Waals surface area contributed by atoms with Crippen molar-refractivity contribution in [2.45, 2.75) is 93.3 Å². The first-order valence-corrected chi connectivity index (χ1v) is 7.20. The molecule has 0 bridgehead atoms. The third-order valence-corrected chi connectivity index (χ3v) is 4.93.